The van der Waals surface area contributed by atoms with Gasteiger partial charge in [-0.3, -0.25) is 4.57 Å². The highest BCUT2D eigenvalue weighted by molar-refractivity contribution is 9.10. The van der Waals surface area contributed by atoms with Crippen molar-refractivity contribution in [2.45, 2.75) is 52.1 Å². The molecule has 5 nitrogen and oxygen atoms in total. The minimum absolute atomic E-state index is 0.271. The standard InChI is InChI=1S/C21H26BrNO4S/c1-5-26-19(24)16-11-14(22)10-15-17(13-6-8-28-9-7-13)12-23(18(15)16)20(25)27-21(2,3)4/h10-13H,5-9H2,1-4H3. The number of aromatic nitrogens is 1. The first kappa shape index (κ1) is 21.2. The third-order valence-corrected chi connectivity index (χ3v) is 6.15. The van der Waals surface area contributed by atoms with Crippen LogP contribution in [-0.2, 0) is 9.47 Å². The smallest absolute Gasteiger partial charge is 0.419 e. The first-order valence-electron chi connectivity index (χ1n) is 9.54. The number of nitrogens with zero attached hydrogens (tertiary/aromatic N) is 1. The number of hydrogen-bond acceptors (Lipinski definition) is 5. The molecule has 0 aliphatic carbocycles. The van der Waals surface area contributed by atoms with Gasteiger partial charge in [-0.1, -0.05) is 15.9 Å². The molecule has 0 radical (unpaired) electrons. The molecule has 1 aliphatic rings. The number of fused-ring (bicyclic) bond motifs is 1. The van der Waals surface area contributed by atoms with Gasteiger partial charge >= 0.3 is 12.1 Å². The Labute approximate surface area is 178 Å². The van der Waals surface area contributed by atoms with Gasteiger partial charge in [0.2, 0.25) is 0 Å². The second kappa shape index (κ2) is 8.49. The Morgan fingerprint density at radius 2 is 1.93 bits per heavy atom. The summed E-state index contributed by atoms with van der Waals surface area (Å²) in [7, 11) is 0. The Morgan fingerprint density at radius 1 is 1.25 bits per heavy atom. The number of rotatable bonds is 3. The van der Waals surface area contributed by atoms with E-state index in [1.807, 2.05) is 44.8 Å². The fourth-order valence-corrected chi connectivity index (χ4v) is 5.07. The number of carbonyl (C=O) groups is 2. The molecular weight excluding hydrogens is 442 g/mol. The van der Waals surface area contributed by atoms with Crippen LogP contribution in [0.5, 0.6) is 0 Å². The molecule has 0 N–H and O–H groups in total. The molecule has 0 bridgehead atoms. The van der Waals surface area contributed by atoms with Crippen LogP contribution in [-0.4, -0.2) is 40.3 Å². The zero-order valence-corrected chi connectivity index (χ0v) is 19.1. The second-order valence-electron chi connectivity index (χ2n) is 7.89. The van der Waals surface area contributed by atoms with Gasteiger partial charge in [0, 0.05) is 16.1 Å². The Balaban J connectivity index is 2.21. The van der Waals surface area contributed by atoms with Crippen molar-refractivity contribution in [3.05, 3.63) is 33.9 Å². The molecule has 1 aliphatic heterocycles. The van der Waals surface area contributed by atoms with E-state index in [4.69, 9.17) is 9.47 Å². The molecule has 0 saturated carbocycles. The highest BCUT2D eigenvalue weighted by Gasteiger charge is 2.28. The van der Waals surface area contributed by atoms with Crippen LogP contribution >= 0.6 is 27.7 Å². The van der Waals surface area contributed by atoms with E-state index in [0.29, 0.717) is 17.0 Å². The maximum Gasteiger partial charge on any atom is 0.419 e. The first-order valence-corrected chi connectivity index (χ1v) is 11.5. The molecule has 7 heteroatoms. The Bertz CT molecular complexity index is 894. The summed E-state index contributed by atoms with van der Waals surface area (Å²) in [6, 6.07) is 3.69. The zero-order chi connectivity index (χ0) is 20.5. The van der Waals surface area contributed by atoms with Gasteiger partial charge in [-0.15, -0.1) is 0 Å². The molecule has 2 heterocycles. The molecule has 2 aromatic rings. The van der Waals surface area contributed by atoms with Crippen LogP contribution in [0.2, 0.25) is 0 Å². The summed E-state index contributed by atoms with van der Waals surface area (Å²) >= 11 is 5.47. The minimum atomic E-state index is -0.630. The summed E-state index contributed by atoms with van der Waals surface area (Å²) in [5.41, 5.74) is 1.39. The van der Waals surface area contributed by atoms with Crippen LogP contribution in [0.1, 0.15) is 62.4 Å². The van der Waals surface area contributed by atoms with E-state index in [-0.39, 0.29) is 6.61 Å². The van der Waals surface area contributed by atoms with Crippen LogP contribution in [0.3, 0.4) is 0 Å². The summed E-state index contributed by atoms with van der Waals surface area (Å²) in [4.78, 5) is 25.6. The van der Waals surface area contributed by atoms with Gasteiger partial charge < -0.3 is 9.47 Å². The number of esters is 1. The largest absolute Gasteiger partial charge is 0.462 e. The van der Waals surface area contributed by atoms with Crippen LogP contribution < -0.4 is 0 Å². The number of thioether (sulfide) groups is 1. The molecule has 28 heavy (non-hydrogen) atoms. The van der Waals surface area contributed by atoms with Gasteiger partial charge in [-0.25, -0.2) is 9.59 Å². The number of halogens is 1. The van der Waals surface area contributed by atoms with Crippen LogP contribution in [0.25, 0.3) is 10.9 Å². The predicted octanol–water partition coefficient (Wildman–Crippen LogP) is 5.97. The molecule has 1 saturated heterocycles. The molecule has 1 fully saturated rings. The molecular formula is C21H26BrNO4S. The monoisotopic (exact) mass is 467 g/mol. The average molecular weight is 468 g/mol. The van der Waals surface area contributed by atoms with Crippen molar-refractivity contribution in [3.63, 3.8) is 0 Å². The summed E-state index contributed by atoms with van der Waals surface area (Å²) < 4.78 is 13.1. The molecule has 0 unspecified atom stereocenters. The van der Waals surface area contributed by atoms with Gasteiger partial charge in [0.1, 0.15) is 5.60 Å². The van der Waals surface area contributed by atoms with E-state index in [1.165, 1.54) is 4.57 Å². The lowest BCUT2D eigenvalue weighted by atomic mass is 9.92. The lowest BCUT2D eigenvalue weighted by Crippen LogP contribution is -2.27. The number of ether oxygens (including phenoxy) is 2. The van der Waals surface area contributed by atoms with Crippen molar-refractivity contribution in [1.29, 1.82) is 0 Å². The van der Waals surface area contributed by atoms with Gasteiger partial charge in [0.15, 0.2) is 0 Å². The van der Waals surface area contributed by atoms with E-state index in [1.54, 1.807) is 13.0 Å². The lowest BCUT2D eigenvalue weighted by Gasteiger charge is -2.21. The van der Waals surface area contributed by atoms with Crippen molar-refractivity contribution in [1.82, 2.24) is 4.57 Å². The summed E-state index contributed by atoms with van der Waals surface area (Å²) in [5.74, 6) is 2.12. The first-order chi connectivity index (χ1) is 13.2. The molecule has 0 spiro atoms. The normalized spacial score (nSPS) is 15.6. The SMILES string of the molecule is CCOC(=O)c1cc(Br)cc2c(C3CCSCC3)cn(C(=O)OC(C)(C)C)c12. The van der Waals surface area contributed by atoms with E-state index < -0.39 is 17.7 Å². The third kappa shape index (κ3) is 4.57. The second-order valence-corrected chi connectivity index (χ2v) is 10.0. The molecule has 1 aromatic carbocycles. The summed E-state index contributed by atoms with van der Waals surface area (Å²) in [6.45, 7) is 7.54. The highest BCUT2D eigenvalue weighted by Crippen LogP contribution is 2.39. The quantitative estimate of drug-likeness (QED) is 0.519. The zero-order valence-electron chi connectivity index (χ0n) is 16.7. The minimum Gasteiger partial charge on any atom is -0.462 e. The van der Waals surface area contributed by atoms with Gasteiger partial charge in [0.05, 0.1) is 17.7 Å². The maximum absolute atomic E-state index is 13.0. The fraction of sp³-hybridized carbons (Fsp3) is 0.524. The number of carbonyl (C=O) groups excluding carboxylic acids is 2. The van der Waals surface area contributed by atoms with Crippen molar-refractivity contribution in [2.24, 2.45) is 0 Å². The molecule has 3 rings (SSSR count). The van der Waals surface area contributed by atoms with Crippen molar-refractivity contribution < 1.29 is 19.1 Å². The summed E-state index contributed by atoms with van der Waals surface area (Å²) in [5, 5.41) is 0.903. The Kier molecular flexibility index (Phi) is 6.44. The summed E-state index contributed by atoms with van der Waals surface area (Å²) in [6.07, 6.45) is 3.48. The maximum atomic E-state index is 13.0. The van der Waals surface area contributed by atoms with Gasteiger partial charge in [-0.05, 0) is 75.7 Å². The van der Waals surface area contributed by atoms with Crippen LogP contribution in [0.4, 0.5) is 4.79 Å². The topological polar surface area (TPSA) is 57.5 Å². The Morgan fingerprint density at radius 3 is 2.54 bits per heavy atom. The fourth-order valence-electron chi connectivity index (χ4n) is 3.51. The molecule has 1 aromatic heterocycles. The van der Waals surface area contributed by atoms with E-state index in [9.17, 15) is 9.59 Å². The van der Waals surface area contributed by atoms with Gasteiger partial charge in [-0.2, -0.15) is 11.8 Å². The van der Waals surface area contributed by atoms with E-state index >= 15 is 0 Å². The molecule has 152 valence electrons. The predicted molar refractivity (Wildman–Crippen MR) is 117 cm³/mol. The lowest BCUT2D eigenvalue weighted by molar-refractivity contribution is 0.0527. The highest BCUT2D eigenvalue weighted by atomic mass is 79.9. The van der Waals surface area contributed by atoms with Gasteiger partial charge in [0.25, 0.3) is 0 Å². The number of benzene rings is 1. The van der Waals surface area contributed by atoms with Crippen LogP contribution in [0, 0.1) is 0 Å². The van der Waals surface area contributed by atoms with E-state index in [0.717, 1.165) is 39.8 Å². The Hall–Kier alpha value is -1.47. The average Bonchev–Trinajstić information content (AvgIpc) is 3.00. The van der Waals surface area contributed by atoms with E-state index in [2.05, 4.69) is 15.9 Å². The third-order valence-electron chi connectivity index (χ3n) is 4.64. The molecule has 0 amide bonds. The van der Waals surface area contributed by atoms with Crippen molar-refractivity contribution in [2.75, 3.05) is 18.1 Å². The molecule has 0 atom stereocenters. The van der Waals surface area contributed by atoms with Crippen molar-refractivity contribution in [3.8, 4) is 0 Å². The van der Waals surface area contributed by atoms with Crippen molar-refractivity contribution >= 4 is 50.7 Å². The van der Waals surface area contributed by atoms with Crippen LogP contribution in [0.15, 0.2) is 22.8 Å². The number of hydrogen-bond donors (Lipinski definition) is 0.